The van der Waals surface area contributed by atoms with Crippen molar-refractivity contribution in [2.45, 2.75) is 64.3 Å². The number of pyridine rings is 1. The minimum atomic E-state index is 0.136. The Hall–Kier alpha value is -2.03. The number of methoxy groups -OCH3 is 1. The molecule has 4 rings (SSSR count). The van der Waals surface area contributed by atoms with E-state index in [1.54, 1.807) is 18.4 Å². The van der Waals surface area contributed by atoms with Gasteiger partial charge >= 0.3 is 0 Å². The van der Waals surface area contributed by atoms with Crippen LogP contribution < -0.4 is 10.1 Å². The Balaban J connectivity index is 1.14. The van der Waals surface area contributed by atoms with Crippen LogP contribution in [0, 0.1) is 12.8 Å². The lowest BCUT2D eigenvalue weighted by Gasteiger charge is -2.30. The Morgan fingerprint density at radius 3 is 2.76 bits per heavy atom. The molecule has 3 heterocycles. The third-order valence-corrected chi connectivity index (χ3v) is 7.92. The van der Waals surface area contributed by atoms with Crippen LogP contribution in [-0.2, 0) is 28.8 Å². The Morgan fingerprint density at radius 2 is 2.00 bits per heavy atom. The van der Waals surface area contributed by atoms with Crippen LogP contribution >= 0.6 is 11.3 Å². The Labute approximate surface area is 207 Å². The number of nitrogens with one attached hydrogen (secondary N) is 1. The summed E-state index contributed by atoms with van der Waals surface area (Å²) in [7, 11) is 1.68. The van der Waals surface area contributed by atoms with Crippen molar-refractivity contribution < 1.29 is 14.3 Å². The van der Waals surface area contributed by atoms with Gasteiger partial charge in [-0.25, -0.2) is 9.97 Å². The number of aromatic nitrogens is 2. The van der Waals surface area contributed by atoms with E-state index in [9.17, 15) is 4.79 Å². The zero-order chi connectivity index (χ0) is 23.8. The maximum Gasteiger partial charge on any atom is 0.225 e. The maximum absolute atomic E-state index is 12.4. The smallest absolute Gasteiger partial charge is 0.225 e. The standard InChI is InChI=1S/C26H38N4O3S/c1-19-27-18-23(34-19)17-25(31)28-22-6-3-20(4-7-22)9-12-30-13-10-21-5-8-26(33-16-15-32-2)29-24(21)11-14-30/h5,8,18,20,22H,3-4,6-7,9-17H2,1-2H3,(H,28,31)/t20-,22-. The summed E-state index contributed by atoms with van der Waals surface area (Å²) in [6, 6.07) is 4.50. The summed E-state index contributed by atoms with van der Waals surface area (Å²) < 4.78 is 10.7. The van der Waals surface area contributed by atoms with Crippen molar-refractivity contribution in [2.24, 2.45) is 5.92 Å². The molecular formula is C26H38N4O3S. The van der Waals surface area contributed by atoms with Gasteiger partial charge in [0.15, 0.2) is 0 Å². The molecule has 0 aromatic carbocycles. The van der Waals surface area contributed by atoms with E-state index in [4.69, 9.17) is 14.5 Å². The largest absolute Gasteiger partial charge is 0.475 e. The van der Waals surface area contributed by atoms with Crippen LogP contribution in [0.4, 0.5) is 0 Å². The van der Waals surface area contributed by atoms with E-state index in [0.717, 1.165) is 61.1 Å². The molecule has 1 amide bonds. The quantitative estimate of drug-likeness (QED) is 0.518. The number of thiazole rings is 1. The highest BCUT2D eigenvalue weighted by Crippen LogP contribution is 2.28. The van der Waals surface area contributed by atoms with E-state index in [1.807, 2.05) is 19.2 Å². The molecule has 7 nitrogen and oxygen atoms in total. The van der Waals surface area contributed by atoms with E-state index in [-0.39, 0.29) is 5.91 Å². The normalized spacial score (nSPS) is 21.0. The Kier molecular flexibility index (Phi) is 9.30. The first-order valence-corrected chi connectivity index (χ1v) is 13.4. The highest BCUT2D eigenvalue weighted by atomic mass is 32.1. The number of fused-ring (bicyclic) bond motifs is 1. The van der Waals surface area contributed by atoms with Gasteiger partial charge in [0.25, 0.3) is 0 Å². The van der Waals surface area contributed by atoms with Gasteiger partial charge in [-0.05, 0) is 63.5 Å². The molecular weight excluding hydrogens is 448 g/mol. The lowest BCUT2D eigenvalue weighted by molar-refractivity contribution is -0.121. The van der Waals surface area contributed by atoms with Gasteiger partial charge in [0.1, 0.15) is 6.61 Å². The molecule has 1 fully saturated rings. The molecule has 2 aliphatic rings. The van der Waals surface area contributed by atoms with E-state index < -0.39 is 0 Å². The highest BCUT2D eigenvalue weighted by Gasteiger charge is 2.24. The fourth-order valence-corrected chi connectivity index (χ4v) is 5.82. The van der Waals surface area contributed by atoms with E-state index in [0.29, 0.717) is 31.6 Å². The predicted molar refractivity (Wildman–Crippen MR) is 135 cm³/mol. The molecule has 0 spiro atoms. The first-order valence-electron chi connectivity index (χ1n) is 12.6. The van der Waals surface area contributed by atoms with Crippen molar-refractivity contribution in [3.05, 3.63) is 39.5 Å². The number of rotatable bonds is 10. The number of hydrogen-bond acceptors (Lipinski definition) is 7. The van der Waals surface area contributed by atoms with Gasteiger partial charge in [-0.15, -0.1) is 11.3 Å². The zero-order valence-electron chi connectivity index (χ0n) is 20.6. The van der Waals surface area contributed by atoms with Crippen LogP contribution in [0.1, 0.15) is 53.2 Å². The molecule has 2 aromatic heterocycles. The van der Waals surface area contributed by atoms with E-state index >= 15 is 0 Å². The second-order valence-electron chi connectivity index (χ2n) is 9.53. The van der Waals surface area contributed by atoms with Gasteiger partial charge in [0.2, 0.25) is 11.8 Å². The number of amides is 1. The van der Waals surface area contributed by atoms with Crippen molar-refractivity contribution >= 4 is 17.2 Å². The summed E-state index contributed by atoms with van der Waals surface area (Å²) in [4.78, 5) is 25.0. The van der Waals surface area contributed by atoms with Crippen LogP contribution in [0.2, 0.25) is 0 Å². The number of hydrogen-bond donors (Lipinski definition) is 1. The highest BCUT2D eigenvalue weighted by molar-refractivity contribution is 7.11. The molecule has 0 bridgehead atoms. The molecule has 34 heavy (non-hydrogen) atoms. The summed E-state index contributed by atoms with van der Waals surface area (Å²) in [5, 5.41) is 4.27. The monoisotopic (exact) mass is 486 g/mol. The first-order chi connectivity index (χ1) is 16.6. The number of aryl methyl sites for hydroxylation is 1. The molecule has 2 aromatic rings. The summed E-state index contributed by atoms with van der Waals surface area (Å²) in [6.07, 6.45) is 10.2. The molecule has 0 unspecified atom stereocenters. The third kappa shape index (κ3) is 7.48. The van der Waals surface area contributed by atoms with Crippen LogP contribution in [-0.4, -0.2) is 66.8 Å². The SMILES string of the molecule is COCCOc1ccc2c(n1)CCN(CC[C@H]1CC[C@H](NC(=O)Cc3cnc(C)s3)CC1)CC2. The van der Waals surface area contributed by atoms with Gasteiger partial charge < -0.3 is 19.7 Å². The third-order valence-electron chi connectivity index (χ3n) is 7.01. The van der Waals surface area contributed by atoms with Gasteiger partial charge in [-0.2, -0.15) is 0 Å². The second-order valence-corrected chi connectivity index (χ2v) is 10.9. The number of carbonyl (C=O) groups is 1. The van der Waals surface area contributed by atoms with Crippen LogP contribution in [0.5, 0.6) is 5.88 Å². The minimum absolute atomic E-state index is 0.136. The second kappa shape index (κ2) is 12.6. The number of ether oxygens (including phenoxy) is 2. The number of nitrogens with zero attached hydrogens (tertiary/aromatic N) is 3. The fraction of sp³-hybridized carbons (Fsp3) is 0.654. The van der Waals surface area contributed by atoms with Crippen molar-refractivity contribution in [1.82, 2.24) is 20.2 Å². The molecule has 0 radical (unpaired) electrons. The first kappa shape index (κ1) is 25.1. The molecule has 1 saturated carbocycles. The van der Waals surface area contributed by atoms with Crippen molar-refractivity contribution in [3.63, 3.8) is 0 Å². The summed E-state index contributed by atoms with van der Waals surface area (Å²) in [6.45, 7) is 6.40. The lowest BCUT2D eigenvalue weighted by Crippen LogP contribution is -2.38. The summed E-state index contributed by atoms with van der Waals surface area (Å²) >= 11 is 1.61. The summed E-state index contributed by atoms with van der Waals surface area (Å²) in [5.41, 5.74) is 2.54. The zero-order valence-corrected chi connectivity index (χ0v) is 21.4. The minimum Gasteiger partial charge on any atom is -0.475 e. The van der Waals surface area contributed by atoms with Gasteiger partial charge in [-0.1, -0.05) is 6.07 Å². The predicted octanol–water partition coefficient (Wildman–Crippen LogP) is 3.58. The van der Waals surface area contributed by atoms with Crippen molar-refractivity contribution in [3.8, 4) is 5.88 Å². The van der Waals surface area contributed by atoms with Crippen LogP contribution in [0.25, 0.3) is 0 Å². The van der Waals surface area contributed by atoms with Crippen LogP contribution in [0.15, 0.2) is 18.3 Å². The topological polar surface area (TPSA) is 76.6 Å². The van der Waals surface area contributed by atoms with Gasteiger partial charge in [0.05, 0.1) is 18.0 Å². The Morgan fingerprint density at radius 1 is 1.18 bits per heavy atom. The summed E-state index contributed by atoms with van der Waals surface area (Å²) in [5.74, 6) is 1.61. The van der Waals surface area contributed by atoms with Gasteiger partial charge in [0, 0.05) is 55.5 Å². The van der Waals surface area contributed by atoms with Gasteiger partial charge in [-0.3, -0.25) is 4.79 Å². The Bertz CT molecular complexity index is 927. The maximum atomic E-state index is 12.4. The molecule has 0 atom stereocenters. The van der Waals surface area contributed by atoms with E-state index in [2.05, 4.69) is 21.3 Å². The molecule has 1 aliphatic carbocycles. The van der Waals surface area contributed by atoms with Crippen LogP contribution in [0.3, 0.4) is 0 Å². The molecule has 0 saturated heterocycles. The average Bonchev–Trinajstić information content (AvgIpc) is 3.13. The lowest BCUT2D eigenvalue weighted by atomic mass is 9.84. The van der Waals surface area contributed by atoms with E-state index in [1.165, 1.54) is 30.5 Å². The average molecular weight is 487 g/mol. The number of carbonyl (C=O) groups excluding carboxylic acids is 1. The molecule has 1 N–H and O–H groups in total. The molecule has 1 aliphatic heterocycles. The molecule has 186 valence electrons. The van der Waals surface area contributed by atoms with Crippen molar-refractivity contribution in [2.75, 3.05) is 40.0 Å². The molecule has 8 heteroatoms. The van der Waals surface area contributed by atoms with Crippen molar-refractivity contribution in [1.29, 1.82) is 0 Å². The fourth-order valence-electron chi connectivity index (χ4n) is 5.03.